The quantitative estimate of drug-likeness (QED) is 0.388. The molecule has 2 aliphatic heterocycles. The van der Waals surface area contributed by atoms with Crippen molar-refractivity contribution >= 4 is 29.5 Å². The molecule has 0 atom stereocenters. The van der Waals surface area contributed by atoms with Crippen LogP contribution in [0.3, 0.4) is 0 Å². The van der Waals surface area contributed by atoms with Gasteiger partial charge in [0, 0.05) is 46.6 Å². The molecule has 2 aromatic heterocycles. The van der Waals surface area contributed by atoms with E-state index in [2.05, 4.69) is 52.3 Å². The van der Waals surface area contributed by atoms with Crippen molar-refractivity contribution in [2.75, 3.05) is 18.4 Å². The van der Waals surface area contributed by atoms with Crippen molar-refractivity contribution in [2.24, 2.45) is 0 Å². The number of carbonyl (C=O) groups is 1. The van der Waals surface area contributed by atoms with Gasteiger partial charge in [-0.15, -0.1) is 0 Å². The summed E-state index contributed by atoms with van der Waals surface area (Å²) < 4.78 is 4.19. The summed E-state index contributed by atoms with van der Waals surface area (Å²) in [6, 6.07) is 10.1. The number of hydrogen-bond donors (Lipinski definition) is 4. The molecule has 0 unspecified atom stereocenters. The Morgan fingerprint density at radius 2 is 1.94 bits per heavy atom. The van der Waals surface area contributed by atoms with E-state index in [1.54, 1.807) is 11.9 Å². The minimum atomic E-state index is -0.000554. The predicted molar refractivity (Wildman–Crippen MR) is 132 cm³/mol. The normalized spacial score (nSPS) is 18.4. The van der Waals surface area contributed by atoms with Crippen LogP contribution < -0.4 is 16.0 Å². The number of fused-ring (bicyclic) bond motifs is 1. The average molecular weight is 477 g/mol. The van der Waals surface area contributed by atoms with Gasteiger partial charge >= 0.3 is 0 Å². The lowest BCUT2D eigenvalue weighted by Crippen LogP contribution is -2.42. The summed E-state index contributed by atoms with van der Waals surface area (Å²) in [7, 11) is 0. The number of hydrogen-bond acceptors (Lipinski definition) is 7. The van der Waals surface area contributed by atoms with Gasteiger partial charge in [0.25, 0.3) is 5.91 Å². The second-order valence-corrected chi connectivity index (χ2v) is 10.1. The number of anilines is 1. The van der Waals surface area contributed by atoms with Gasteiger partial charge in [-0.3, -0.25) is 14.5 Å². The molecule has 1 aromatic carbocycles. The summed E-state index contributed by atoms with van der Waals surface area (Å²) in [4.78, 5) is 18.2. The van der Waals surface area contributed by atoms with Crippen LogP contribution in [0.2, 0.25) is 0 Å². The molecule has 3 aromatic rings. The zero-order chi connectivity index (χ0) is 22.9. The van der Waals surface area contributed by atoms with E-state index >= 15 is 0 Å². The Labute approximate surface area is 202 Å². The molecular formula is C24H28N8OS. The highest BCUT2D eigenvalue weighted by atomic mass is 32.2. The highest BCUT2D eigenvalue weighted by Crippen LogP contribution is 2.39. The van der Waals surface area contributed by atoms with Crippen molar-refractivity contribution in [3.63, 3.8) is 0 Å². The highest BCUT2D eigenvalue weighted by molar-refractivity contribution is 7.97. The molecule has 0 bridgehead atoms. The van der Waals surface area contributed by atoms with Crippen molar-refractivity contribution in [2.45, 2.75) is 49.1 Å². The molecule has 0 spiro atoms. The van der Waals surface area contributed by atoms with Crippen LogP contribution in [-0.2, 0) is 6.54 Å². The first kappa shape index (κ1) is 21.3. The zero-order valence-electron chi connectivity index (χ0n) is 18.8. The van der Waals surface area contributed by atoms with E-state index < -0.39 is 0 Å². The maximum Gasteiger partial charge on any atom is 0.251 e. The molecule has 4 N–H and O–H groups in total. The van der Waals surface area contributed by atoms with E-state index in [4.69, 9.17) is 0 Å². The molecular weight excluding hydrogens is 448 g/mol. The number of rotatable bonds is 7. The fraction of sp³-hybridized carbons (Fsp3) is 0.375. The second-order valence-electron chi connectivity index (χ2n) is 9.02. The molecule has 176 valence electrons. The van der Waals surface area contributed by atoms with Gasteiger partial charge < -0.3 is 20.3 Å². The Morgan fingerprint density at radius 3 is 2.74 bits per heavy atom. The number of nitrogens with one attached hydrogen (secondary N) is 4. The first-order valence-corrected chi connectivity index (χ1v) is 12.6. The standard InChI is InChI=1S/C24H28N8OS/c33-24(27-18-7-9-25-10-8-18)17-3-5-19(6-4-17)34-31-14-22-26-11-12-32(22)23(15-31)28-21-13-20(29-30-21)16-1-2-16/h3-6,11-13,15-16,18,25H,1-2,7-10,14H2,(H,27,33)(H2,28,29,30). The third-order valence-corrected chi connectivity index (χ3v) is 7.38. The molecule has 0 radical (unpaired) electrons. The van der Waals surface area contributed by atoms with Crippen LogP contribution in [0.25, 0.3) is 5.82 Å². The number of piperidine rings is 1. The summed E-state index contributed by atoms with van der Waals surface area (Å²) in [5.74, 6) is 3.29. The minimum absolute atomic E-state index is 0.000554. The van der Waals surface area contributed by atoms with Gasteiger partial charge in [-0.2, -0.15) is 5.10 Å². The Balaban J connectivity index is 1.13. The third-order valence-electron chi connectivity index (χ3n) is 6.42. The zero-order valence-corrected chi connectivity index (χ0v) is 19.6. The summed E-state index contributed by atoms with van der Waals surface area (Å²) in [5, 5.41) is 17.5. The number of imidazole rings is 1. The van der Waals surface area contributed by atoms with E-state index in [1.165, 1.54) is 18.5 Å². The number of H-pyrrole nitrogens is 1. The Bertz CT molecular complexity index is 1190. The molecule has 2 fully saturated rings. The van der Waals surface area contributed by atoms with E-state index in [-0.39, 0.29) is 11.9 Å². The number of benzene rings is 1. The molecule has 3 aliphatic rings. The first-order valence-electron chi connectivity index (χ1n) is 11.8. The largest absolute Gasteiger partial charge is 0.349 e. The molecule has 1 aliphatic carbocycles. The van der Waals surface area contributed by atoms with Crippen LogP contribution >= 0.6 is 11.9 Å². The van der Waals surface area contributed by atoms with E-state index in [0.29, 0.717) is 18.0 Å². The SMILES string of the molecule is O=C(NC1CCNCC1)c1ccc(SN2C=C(Nc3cc(C4CC4)[nH]n3)n3ccnc3C2)cc1. The molecule has 10 heteroatoms. The molecule has 1 amide bonds. The van der Waals surface area contributed by atoms with Gasteiger partial charge in [-0.05, 0) is 75.0 Å². The van der Waals surface area contributed by atoms with Gasteiger partial charge in [0.05, 0.1) is 12.7 Å². The molecule has 9 nitrogen and oxygen atoms in total. The van der Waals surface area contributed by atoms with Gasteiger partial charge in [0.2, 0.25) is 0 Å². The van der Waals surface area contributed by atoms with Gasteiger partial charge in [-0.1, -0.05) is 0 Å². The Hall–Kier alpha value is -3.24. The topological polar surface area (TPSA) is 103 Å². The fourth-order valence-corrected chi connectivity index (χ4v) is 5.24. The number of aromatic amines is 1. The summed E-state index contributed by atoms with van der Waals surface area (Å²) in [5.41, 5.74) is 1.89. The van der Waals surface area contributed by atoms with Crippen molar-refractivity contribution < 1.29 is 4.79 Å². The van der Waals surface area contributed by atoms with E-state index in [0.717, 1.165) is 48.3 Å². The molecule has 6 rings (SSSR count). The fourth-order valence-electron chi connectivity index (χ4n) is 4.38. The van der Waals surface area contributed by atoms with Crippen LogP contribution in [0.5, 0.6) is 0 Å². The molecule has 4 heterocycles. The Kier molecular flexibility index (Phi) is 5.76. The smallest absolute Gasteiger partial charge is 0.251 e. The number of aromatic nitrogens is 4. The summed E-state index contributed by atoms with van der Waals surface area (Å²) in [6.07, 6.45) is 10.3. The number of carbonyl (C=O) groups excluding carboxylic acids is 1. The van der Waals surface area contributed by atoms with Crippen molar-refractivity contribution in [3.05, 3.63) is 66.0 Å². The maximum atomic E-state index is 12.6. The highest BCUT2D eigenvalue weighted by Gasteiger charge is 2.26. The average Bonchev–Trinajstić information content (AvgIpc) is 3.41. The van der Waals surface area contributed by atoms with Crippen molar-refractivity contribution in [1.29, 1.82) is 0 Å². The summed E-state index contributed by atoms with van der Waals surface area (Å²) >= 11 is 1.62. The Morgan fingerprint density at radius 1 is 1.12 bits per heavy atom. The molecule has 34 heavy (non-hydrogen) atoms. The maximum absolute atomic E-state index is 12.6. The van der Waals surface area contributed by atoms with Gasteiger partial charge in [0.1, 0.15) is 11.6 Å². The van der Waals surface area contributed by atoms with Crippen molar-refractivity contribution in [3.8, 4) is 0 Å². The van der Waals surface area contributed by atoms with Crippen LogP contribution in [0.4, 0.5) is 5.82 Å². The summed E-state index contributed by atoms with van der Waals surface area (Å²) in [6.45, 7) is 2.59. The number of amides is 1. The second kappa shape index (κ2) is 9.19. The third kappa shape index (κ3) is 4.69. The lowest BCUT2D eigenvalue weighted by Gasteiger charge is -2.26. The van der Waals surface area contributed by atoms with Crippen LogP contribution in [0.1, 0.15) is 53.5 Å². The molecule has 1 saturated carbocycles. The molecule has 1 saturated heterocycles. The predicted octanol–water partition coefficient (Wildman–Crippen LogP) is 3.36. The monoisotopic (exact) mass is 476 g/mol. The number of nitrogens with zero attached hydrogens (tertiary/aromatic N) is 4. The van der Waals surface area contributed by atoms with Crippen LogP contribution in [-0.4, -0.2) is 49.1 Å². The van der Waals surface area contributed by atoms with Crippen molar-refractivity contribution in [1.82, 2.24) is 34.7 Å². The lowest BCUT2D eigenvalue weighted by atomic mass is 10.1. The van der Waals surface area contributed by atoms with E-state index in [1.807, 2.05) is 36.7 Å². The van der Waals surface area contributed by atoms with Gasteiger partial charge in [0.15, 0.2) is 5.82 Å². The van der Waals surface area contributed by atoms with Gasteiger partial charge in [-0.25, -0.2) is 4.98 Å². The first-order chi connectivity index (χ1) is 16.7. The van der Waals surface area contributed by atoms with Crippen LogP contribution in [0.15, 0.2) is 53.8 Å². The van der Waals surface area contributed by atoms with E-state index in [9.17, 15) is 4.79 Å². The minimum Gasteiger partial charge on any atom is -0.349 e. The lowest BCUT2D eigenvalue weighted by molar-refractivity contribution is 0.0929. The van der Waals surface area contributed by atoms with Crippen LogP contribution in [0, 0.1) is 0 Å².